The van der Waals surface area contributed by atoms with Gasteiger partial charge in [0.1, 0.15) is 0 Å². The number of carbonyl (C=O) groups excluding carboxylic acids is 2. The van der Waals surface area contributed by atoms with E-state index in [-0.39, 0.29) is 17.9 Å². The van der Waals surface area contributed by atoms with Gasteiger partial charge in [0.05, 0.1) is 24.8 Å². The molecule has 9 heteroatoms. The molecule has 2 N–H and O–H groups in total. The Bertz CT molecular complexity index is 853. The molecule has 3 amide bonds. The van der Waals surface area contributed by atoms with E-state index in [1.54, 1.807) is 4.90 Å². The highest BCUT2D eigenvalue weighted by Gasteiger charge is 2.29. The van der Waals surface area contributed by atoms with Crippen LogP contribution in [0.25, 0.3) is 0 Å². The number of hydrogen-bond donors (Lipinski definition) is 2. The number of amides is 3. The summed E-state index contributed by atoms with van der Waals surface area (Å²) in [5.74, 6) is -0.300. The molecule has 0 bridgehead atoms. The Morgan fingerprint density at radius 2 is 1.93 bits per heavy atom. The molecule has 2 saturated heterocycles. The number of nitrogens with one attached hydrogen (secondary N) is 2. The third kappa shape index (κ3) is 5.56. The molecular formula is C21H27N5O3S. The van der Waals surface area contributed by atoms with Crippen LogP contribution in [-0.2, 0) is 16.1 Å². The standard InChI is InChI=1S/C21H27N5O3S/c27-19(24-20-22-18(15-30-20)14-25-9-11-29-12-10-25)16-5-4-8-26(13-16)21(28)23-17-6-2-1-3-7-17/h1-3,6-7,15-16H,4-5,8-14H2,(H,23,28)(H,22,24,27). The summed E-state index contributed by atoms with van der Waals surface area (Å²) in [6.45, 7) is 5.16. The van der Waals surface area contributed by atoms with Crippen molar-refractivity contribution in [2.45, 2.75) is 19.4 Å². The van der Waals surface area contributed by atoms with Gasteiger partial charge in [0, 0.05) is 43.8 Å². The molecule has 2 aliphatic rings. The summed E-state index contributed by atoms with van der Waals surface area (Å²) in [4.78, 5) is 33.9. The van der Waals surface area contributed by atoms with E-state index in [9.17, 15) is 9.59 Å². The first-order valence-corrected chi connectivity index (χ1v) is 11.2. The van der Waals surface area contributed by atoms with Gasteiger partial charge in [-0.05, 0) is 25.0 Å². The number of carbonyl (C=O) groups is 2. The van der Waals surface area contributed by atoms with E-state index in [4.69, 9.17) is 4.74 Å². The number of hydrogen-bond acceptors (Lipinski definition) is 6. The first kappa shape index (κ1) is 20.8. The maximum absolute atomic E-state index is 12.8. The topological polar surface area (TPSA) is 86.8 Å². The van der Waals surface area contributed by atoms with Gasteiger partial charge in [0.2, 0.25) is 5.91 Å². The number of ether oxygens (including phenoxy) is 1. The minimum atomic E-state index is -0.230. The molecule has 0 radical (unpaired) electrons. The maximum Gasteiger partial charge on any atom is 0.321 e. The van der Waals surface area contributed by atoms with E-state index in [1.165, 1.54) is 11.3 Å². The third-order valence-corrected chi connectivity index (χ3v) is 6.18. The van der Waals surface area contributed by atoms with Crippen LogP contribution in [0.15, 0.2) is 35.7 Å². The average molecular weight is 430 g/mol. The molecule has 2 aliphatic heterocycles. The highest BCUT2D eigenvalue weighted by molar-refractivity contribution is 7.13. The smallest absolute Gasteiger partial charge is 0.321 e. The summed E-state index contributed by atoms with van der Waals surface area (Å²) in [5, 5.41) is 8.45. The Hall–Kier alpha value is -2.49. The number of nitrogens with zero attached hydrogens (tertiary/aromatic N) is 3. The Kier molecular flexibility index (Phi) is 6.93. The molecule has 4 rings (SSSR count). The molecule has 0 spiro atoms. The molecule has 1 aromatic heterocycles. The van der Waals surface area contributed by atoms with Crippen LogP contribution < -0.4 is 10.6 Å². The lowest BCUT2D eigenvalue weighted by molar-refractivity contribution is -0.121. The van der Waals surface area contributed by atoms with E-state index in [0.717, 1.165) is 57.1 Å². The molecule has 0 saturated carbocycles. The van der Waals surface area contributed by atoms with Gasteiger partial charge in [-0.1, -0.05) is 18.2 Å². The second-order valence-electron chi connectivity index (χ2n) is 7.60. The van der Waals surface area contributed by atoms with Crippen molar-refractivity contribution in [1.82, 2.24) is 14.8 Å². The summed E-state index contributed by atoms with van der Waals surface area (Å²) in [5.41, 5.74) is 1.72. The summed E-state index contributed by atoms with van der Waals surface area (Å²) >= 11 is 1.45. The van der Waals surface area contributed by atoms with Crippen molar-refractivity contribution in [1.29, 1.82) is 0 Å². The summed E-state index contributed by atoms with van der Waals surface area (Å²) in [6.07, 6.45) is 1.58. The van der Waals surface area contributed by atoms with E-state index >= 15 is 0 Å². The molecule has 2 fully saturated rings. The predicted octanol–water partition coefficient (Wildman–Crippen LogP) is 2.86. The van der Waals surface area contributed by atoms with Crippen molar-refractivity contribution < 1.29 is 14.3 Å². The number of thiazole rings is 1. The third-order valence-electron chi connectivity index (χ3n) is 5.38. The van der Waals surface area contributed by atoms with Crippen molar-refractivity contribution in [2.24, 2.45) is 5.92 Å². The molecule has 2 aromatic rings. The Labute approximate surface area is 180 Å². The number of benzene rings is 1. The minimum absolute atomic E-state index is 0.0699. The number of rotatable bonds is 5. The highest BCUT2D eigenvalue weighted by atomic mass is 32.1. The molecule has 1 unspecified atom stereocenters. The molecular weight excluding hydrogens is 402 g/mol. The van der Waals surface area contributed by atoms with E-state index in [1.807, 2.05) is 35.7 Å². The largest absolute Gasteiger partial charge is 0.379 e. The zero-order valence-corrected chi connectivity index (χ0v) is 17.7. The summed E-state index contributed by atoms with van der Waals surface area (Å²) in [6, 6.07) is 9.20. The molecule has 0 aliphatic carbocycles. The number of piperidine rings is 1. The Morgan fingerprint density at radius 3 is 2.73 bits per heavy atom. The SMILES string of the molecule is O=C(Nc1nc(CN2CCOCC2)cs1)C1CCCN(C(=O)Nc2ccccc2)C1. The van der Waals surface area contributed by atoms with Gasteiger partial charge in [-0.15, -0.1) is 11.3 Å². The molecule has 8 nitrogen and oxygen atoms in total. The Balaban J connectivity index is 1.28. The van der Waals surface area contributed by atoms with Crippen LogP contribution in [0.2, 0.25) is 0 Å². The van der Waals surface area contributed by atoms with Gasteiger partial charge in [-0.2, -0.15) is 0 Å². The second kappa shape index (κ2) is 10.0. The van der Waals surface area contributed by atoms with Crippen molar-refractivity contribution in [3.63, 3.8) is 0 Å². The quantitative estimate of drug-likeness (QED) is 0.763. The molecule has 30 heavy (non-hydrogen) atoms. The van der Waals surface area contributed by atoms with Gasteiger partial charge < -0.3 is 20.3 Å². The number of urea groups is 1. The molecule has 1 aromatic carbocycles. The minimum Gasteiger partial charge on any atom is -0.379 e. The normalized spacial score (nSPS) is 20.0. The van der Waals surface area contributed by atoms with Crippen molar-refractivity contribution in [2.75, 3.05) is 50.0 Å². The van der Waals surface area contributed by atoms with Crippen LogP contribution in [-0.4, -0.2) is 66.1 Å². The second-order valence-corrected chi connectivity index (χ2v) is 8.46. The van der Waals surface area contributed by atoms with Gasteiger partial charge in [0.15, 0.2) is 5.13 Å². The summed E-state index contributed by atoms with van der Waals surface area (Å²) < 4.78 is 5.37. The van der Waals surface area contributed by atoms with E-state index in [0.29, 0.717) is 18.2 Å². The average Bonchev–Trinajstić information content (AvgIpc) is 3.22. The van der Waals surface area contributed by atoms with Crippen LogP contribution in [0.4, 0.5) is 15.6 Å². The maximum atomic E-state index is 12.8. The number of aromatic nitrogens is 1. The van der Waals surface area contributed by atoms with E-state index in [2.05, 4.69) is 20.5 Å². The molecule has 3 heterocycles. The zero-order chi connectivity index (χ0) is 20.8. The Morgan fingerprint density at radius 1 is 1.13 bits per heavy atom. The first-order chi connectivity index (χ1) is 14.7. The number of para-hydroxylation sites is 1. The van der Waals surface area contributed by atoms with Crippen LogP contribution in [0, 0.1) is 5.92 Å². The monoisotopic (exact) mass is 429 g/mol. The van der Waals surface area contributed by atoms with Gasteiger partial charge in [0.25, 0.3) is 0 Å². The fraction of sp³-hybridized carbons (Fsp3) is 0.476. The van der Waals surface area contributed by atoms with Crippen LogP contribution >= 0.6 is 11.3 Å². The fourth-order valence-electron chi connectivity index (χ4n) is 3.73. The van der Waals surface area contributed by atoms with Crippen LogP contribution in [0.1, 0.15) is 18.5 Å². The van der Waals surface area contributed by atoms with Crippen molar-refractivity contribution >= 4 is 34.1 Å². The summed E-state index contributed by atoms with van der Waals surface area (Å²) in [7, 11) is 0. The number of anilines is 2. The van der Waals surface area contributed by atoms with Crippen molar-refractivity contribution in [3.05, 3.63) is 41.4 Å². The molecule has 1 atom stereocenters. The lowest BCUT2D eigenvalue weighted by Gasteiger charge is -2.31. The number of likely N-dealkylation sites (tertiary alicyclic amines) is 1. The van der Waals surface area contributed by atoms with Gasteiger partial charge in [-0.25, -0.2) is 9.78 Å². The van der Waals surface area contributed by atoms with Crippen LogP contribution in [0.5, 0.6) is 0 Å². The van der Waals surface area contributed by atoms with Gasteiger partial charge >= 0.3 is 6.03 Å². The highest BCUT2D eigenvalue weighted by Crippen LogP contribution is 2.22. The van der Waals surface area contributed by atoms with E-state index < -0.39 is 0 Å². The molecule has 160 valence electrons. The van der Waals surface area contributed by atoms with Gasteiger partial charge in [-0.3, -0.25) is 9.69 Å². The fourth-order valence-corrected chi connectivity index (χ4v) is 4.44. The first-order valence-electron chi connectivity index (χ1n) is 10.3. The number of morpholine rings is 1. The predicted molar refractivity (Wildman–Crippen MR) is 117 cm³/mol. The lowest BCUT2D eigenvalue weighted by atomic mass is 9.97. The zero-order valence-electron chi connectivity index (χ0n) is 16.9. The van der Waals surface area contributed by atoms with Crippen LogP contribution in [0.3, 0.4) is 0 Å². The van der Waals surface area contributed by atoms with Crippen molar-refractivity contribution in [3.8, 4) is 0 Å². The lowest BCUT2D eigenvalue weighted by Crippen LogP contribution is -2.45.